The van der Waals surface area contributed by atoms with E-state index in [4.69, 9.17) is 9.47 Å². The van der Waals surface area contributed by atoms with Crippen LogP contribution < -0.4 is 10.6 Å². The summed E-state index contributed by atoms with van der Waals surface area (Å²) in [5.41, 5.74) is 0. The van der Waals surface area contributed by atoms with Crippen molar-refractivity contribution in [3.05, 3.63) is 0 Å². The Bertz CT molecular complexity index is 377. The molecule has 2 N–H and O–H groups in total. The van der Waals surface area contributed by atoms with Crippen LogP contribution in [-0.4, -0.2) is 76.6 Å². The highest BCUT2D eigenvalue weighted by atomic mass is 127. The van der Waals surface area contributed by atoms with Crippen molar-refractivity contribution in [3.63, 3.8) is 0 Å². The summed E-state index contributed by atoms with van der Waals surface area (Å²) in [5, 5.41) is 6.73. The maximum Gasteiger partial charge on any atom is 0.191 e. The number of hydrogen-bond acceptors (Lipinski definition) is 4. The molecule has 2 aliphatic rings. The molecule has 0 radical (unpaired) electrons. The van der Waals surface area contributed by atoms with Crippen LogP contribution in [0.25, 0.3) is 0 Å². The fourth-order valence-corrected chi connectivity index (χ4v) is 2.84. The van der Waals surface area contributed by atoms with Crippen molar-refractivity contribution in [2.75, 3.05) is 59.7 Å². The Morgan fingerprint density at radius 2 is 1.69 bits per heavy atom. The van der Waals surface area contributed by atoms with Crippen LogP contribution in [0.4, 0.5) is 0 Å². The first-order chi connectivity index (χ1) is 12.3. The van der Waals surface area contributed by atoms with Gasteiger partial charge in [0.2, 0.25) is 0 Å². The van der Waals surface area contributed by atoms with Crippen LogP contribution in [0.2, 0.25) is 0 Å². The Labute approximate surface area is 176 Å². The van der Waals surface area contributed by atoms with Gasteiger partial charge in [-0.25, -0.2) is 0 Å². The lowest BCUT2D eigenvalue weighted by atomic mass is 10.3. The molecule has 0 unspecified atom stereocenters. The molecule has 0 saturated heterocycles. The standard InChI is InChI=1S/C19H38N4O2.HI/c1-3-4-12-24-14-15-25-13-10-22-19(20-2)21-9-11-23(18-7-8-18)16-17-5-6-17;/h17-18H,3-16H2,1-2H3,(H2,20,21,22);1H. The highest BCUT2D eigenvalue weighted by Crippen LogP contribution is 2.34. The molecule has 154 valence electrons. The number of unbranched alkanes of at least 4 members (excludes halogenated alkanes) is 1. The first-order valence-electron chi connectivity index (χ1n) is 10.2. The van der Waals surface area contributed by atoms with Crippen molar-refractivity contribution < 1.29 is 9.47 Å². The Morgan fingerprint density at radius 1 is 1.00 bits per heavy atom. The minimum absolute atomic E-state index is 0. The largest absolute Gasteiger partial charge is 0.379 e. The number of guanidine groups is 1. The molecule has 2 aliphatic carbocycles. The summed E-state index contributed by atoms with van der Waals surface area (Å²) in [6.45, 7) is 9.17. The van der Waals surface area contributed by atoms with Crippen LogP contribution in [0, 0.1) is 5.92 Å². The van der Waals surface area contributed by atoms with Gasteiger partial charge in [-0.1, -0.05) is 13.3 Å². The number of hydrogen-bond donors (Lipinski definition) is 2. The second kappa shape index (κ2) is 14.9. The van der Waals surface area contributed by atoms with E-state index in [0.29, 0.717) is 19.8 Å². The number of ether oxygens (including phenoxy) is 2. The zero-order chi connectivity index (χ0) is 17.7. The molecule has 0 atom stereocenters. The third-order valence-corrected chi connectivity index (χ3v) is 4.72. The van der Waals surface area contributed by atoms with E-state index in [1.54, 1.807) is 0 Å². The normalized spacial score (nSPS) is 17.3. The van der Waals surface area contributed by atoms with Gasteiger partial charge >= 0.3 is 0 Å². The van der Waals surface area contributed by atoms with Gasteiger partial charge in [0, 0.05) is 45.9 Å². The van der Waals surface area contributed by atoms with Gasteiger partial charge in [-0.15, -0.1) is 24.0 Å². The zero-order valence-corrected chi connectivity index (χ0v) is 19.0. The summed E-state index contributed by atoms with van der Waals surface area (Å²) < 4.78 is 11.0. The maximum atomic E-state index is 5.56. The zero-order valence-electron chi connectivity index (χ0n) is 16.7. The molecule has 7 heteroatoms. The molecule has 2 saturated carbocycles. The monoisotopic (exact) mass is 482 g/mol. The first-order valence-corrected chi connectivity index (χ1v) is 10.2. The van der Waals surface area contributed by atoms with Crippen LogP contribution in [0.5, 0.6) is 0 Å². The molecule has 0 aliphatic heterocycles. The molecule has 0 aromatic rings. The number of rotatable bonds is 15. The van der Waals surface area contributed by atoms with Gasteiger partial charge in [0.05, 0.1) is 19.8 Å². The molecule has 0 aromatic heterocycles. The topological polar surface area (TPSA) is 58.1 Å². The third kappa shape index (κ3) is 11.6. The van der Waals surface area contributed by atoms with Crippen LogP contribution in [0.3, 0.4) is 0 Å². The predicted octanol–water partition coefficient (Wildman–Crippen LogP) is 2.48. The summed E-state index contributed by atoms with van der Waals surface area (Å²) in [7, 11) is 1.82. The summed E-state index contributed by atoms with van der Waals surface area (Å²) in [6, 6.07) is 0.852. The Hall–Kier alpha value is -0.120. The van der Waals surface area contributed by atoms with E-state index in [-0.39, 0.29) is 24.0 Å². The molecule has 0 aromatic carbocycles. The summed E-state index contributed by atoms with van der Waals surface area (Å²) in [6.07, 6.45) is 7.95. The summed E-state index contributed by atoms with van der Waals surface area (Å²) in [5.74, 6) is 1.84. The van der Waals surface area contributed by atoms with Crippen molar-refractivity contribution in [1.82, 2.24) is 15.5 Å². The third-order valence-electron chi connectivity index (χ3n) is 4.72. The molecule has 2 rings (SSSR count). The number of nitrogens with one attached hydrogen (secondary N) is 2. The number of halogens is 1. The van der Waals surface area contributed by atoms with Gasteiger partial charge in [-0.05, 0) is 38.0 Å². The number of aliphatic imine (C=N–C) groups is 1. The number of nitrogens with zero attached hydrogens (tertiary/aromatic N) is 2. The highest BCUT2D eigenvalue weighted by Gasteiger charge is 2.33. The van der Waals surface area contributed by atoms with Crippen molar-refractivity contribution in [3.8, 4) is 0 Å². The van der Waals surface area contributed by atoms with E-state index in [2.05, 4.69) is 27.4 Å². The molecule has 26 heavy (non-hydrogen) atoms. The summed E-state index contributed by atoms with van der Waals surface area (Å²) in [4.78, 5) is 6.95. The molecule has 0 amide bonds. The second-order valence-electron chi connectivity index (χ2n) is 7.17. The predicted molar refractivity (Wildman–Crippen MR) is 119 cm³/mol. The molecular weight excluding hydrogens is 443 g/mol. The molecule has 6 nitrogen and oxygen atoms in total. The van der Waals surface area contributed by atoms with Gasteiger partial charge in [0.25, 0.3) is 0 Å². The van der Waals surface area contributed by atoms with E-state index in [9.17, 15) is 0 Å². The van der Waals surface area contributed by atoms with Crippen LogP contribution in [-0.2, 0) is 9.47 Å². The van der Waals surface area contributed by atoms with E-state index >= 15 is 0 Å². The van der Waals surface area contributed by atoms with E-state index in [0.717, 1.165) is 50.6 Å². The van der Waals surface area contributed by atoms with Crippen LogP contribution in [0.15, 0.2) is 4.99 Å². The fraction of sp³-hybridized carbons (Fsp3) is 0.947. The molecular formula is C19H39IN4O2. The Morgan fingerprint density at radius 3 is 2.31 bits per heavy atom. The van der Waals surface area contributed by atoms with Crippen molar-refractivity contribution in [2.45, 2.75) is 51.5 Å². The Balaban J connectivity index is 0.00000338. The van der Waals surface area contributed by atoms with Crippen LogP contribution in [0.1, 0.15) is 45.4 Å². The van der Waals surface area contributed by atoms with Gasteiger partial charge in [-0.2, -0.15) is 0 Å². The quantitative estimate of drug-likeness (QED) is 0.163. The lowest BCUT2D eigenvalue weighted by Gasteiger charge is -2.22. The molecule has 0 heterocycles. The lowest BCUT2D eigenvalue weighted by Crippen LogP contribution is -2.43. The lowest BCUT2D eigenvalue weighted by molar-refractivity contribution is 0.0487. The van der Waals surface area contributed by atoms with E-state index in [1.165, 1.54) is 38.6 Å². The first kappa shape index (κ1) is 23.9. The van der Waals surface area contributed by atoms with Gasteiger partial charge in [0.1, 0.15) is 0 Å². The van der Waals surface area contributed by atoms with Crippen LogP contribution >= 0.6 is 24.0 Å². The van der Waals surface area contributed by atoms with Crippen molar-refractivity contribution in [2.24, 2.45) is 10.9 Å². The minimum Gasteiger partial charge on any atom is -0.379 e. The second-order valence-corrected chi connectivity index (χ2v) is 7.17. The fourth-order valence-electron chi connectivity index (χ4n) is 2.84. The van der Waals surface area contributed by atoms with E-state index in [1.807, 2.05) is 7.05 Å². The Kier molecular flexibility index (Phi) is 13.7. The average Bonchev–Trinajstić information content (AvgIpc) is 3.51. The molecule has 0 spiro atoms. The summed E-state index contributed by atoms with van der Waals surface area (Å²) >= 11 is 0. The van der Waals surface area contributed by atoms with Gasteiger partial charge < -0.3 is 20.1 Å². The van der Waals surface area contributed by atoms with Gasteiger partial charge in [0.15, 0.2) is 5.96 Å². The highest BCUT2D eigenvalue weighted by molar-refractivity contribution is 14.0. The smallest absolute Gasteiger partial charge is 0.191 e. The maximum absolute atomic E-state index is 5.56. The molecule has 0 bridgehead atoms. The van der Waals surface area contributed by atoms with Crippen molar-refractivity contribution in [1.29, 1.82) is 0 Å². The van der Waals surface area contributed by atoms with Crippen molar-refractivity contribution >= 4 is 29.9 Å². The SMILES string of the molecule is CCCCOCCOCCNC(=NC)NCCN(CC1CC1)C1CC1.I. The minimum atomic E-state index is 0. The van der Waals surface area contributed by atoms with E-state index < -0.39 is 0 Å². The average molecular weight is 482 g/mol. The van der Waals surface area contributed by atoms with Gasteiger partial charge in [-0.3, -0.25) is 9.89 Å². The molecule has 2 fully saturated rings.